The Bertz CT molecular complexity index is 2510. The number of nitrogens with two attached hydrogens (primary N) is 2. The van der Waals surface area contributed by atoms with Crippen LogP contribution in [-0.2, 0) is 24.4 Å². The third-order valence-electron chi connectivity index (χ3n) is 7.67. The zero-order chi connectivity index (χ0) is 35.1. The van der Waals surface area contributed by atoms with Gasteiger partial charge in [0.2, 0.25) is 0 Å². The predicted molar refractivity (Wildman–Crippen MR) is 187 cm³/mol. The molecule has 0 radical (unpaired) electrons. The molecule has 6 aromatic carbocycles. The molecule has 0 spiro atoms. The molecule has 6 aromatic rings. The van der Waals surface area contributed by atoms with Gasteiger partial charge >= 0.3 is 0 Å². The van der Waals surface area contributed by atoms with Crippen molar-refractivity contribution in [3.05, 3.63) is 97.1 Å². The number of hydrogen-bond donors (Lipinski definition) is 7. The Hall–Kier alpha value is -5.94. The number of phenols is 2. The molecule has 0 saturated heterocycles. The summed E-state index contributed by atoms with van der Waals surface area (Å²) in [4.78, 5) is -0.654. The number of nitrogens with one attached hydrogen (secondary N) is 2. The lowest BCUT2D eigenvalue weighted by Crippen LogP contribution is -2.11. The van der Waals surface area contributed by atoms with Crippen molar-refractivity contribution in [2.45, 2.75) is 9.79 Å². The Labute approximate surface area is 280 Å². The standard InChI is InChI=1S/C33H28N6O8S2/c1-47-49(45,46)25-15-21-7-13-27(35)33(31(21)29(41)17-25)39-37-23-10-4-19(5-11-23)18-2-8-22(9-3-18)36-38-32-26(34)12-6-20-14-24(48(42,43)44)16-28(40)30(20)32/h2-17,37,39-41H,34-35H2,1H3,(H,42,43,44). The second-order valence-electron chi connectivity index (χ2n) is 10.8. The predicted octanol–water partition coefficient (Wildman–Crippen LogP) is 6.67. The van der Waals surface area contributed by atoms with E-state index < -0.39 is 30.9 Å². The summed E-state index contributed by atoms with van der Waals surface area (Å²) in [6.07, 6.45) is 0. The van der Waals surface area contributed by atoms with E-state index in [1.807, 2.05) is 36.4 Å². The topological polar surface area (TPSA) is 239 Å². The average molecular weight is 701 g/mol. The molecule has 0 atom stereocenters. The quantitative estimate of drug-likeness (QED) is 0.0275. The van der Waals surface area contributed by atoms with E-state index in [-0.39, 0.29) is 27.4 Å². The highest BCUT2D eigenvalue weighted by Gasteiger charge is 2.19. The molecule has 49 heavy (non-hydrogen) atoms. The van der Waals surface area contributed by atoms with Crippen LogP contribution < -0.4 is 22.3 Å². The van der Waals surface area contributed by atoms with Crippen molar-refractivity contribution in [2.24, 2.45) is 10.2 Å². The normalized spacial score (nSPS) is 12.1. The number of phenolic OH excluding ortho intramolecular Hbond substituents is 2. The molecule has 9 N–H and O–H groups in total. The Kier molecular flexibility index (Phi) is 8.47. The summed E-state index contributed by atoms with van der Waals surface area (Å²) in [7, 11) is -7.52. The van der Waals surface area contributed by atoms with Crippen LogP contribution in [-0.4, -0.2) is 38.7 Å². The van der Waals surface area contributed by atoms with Crippen LogP contribution in [0.15, 0.2) is 117 Å². The summed E-state index contributed by atoms with van der Waals surface area (Å²) in [5.41, 5.74) is 22.3. The van der Waals surface area contributed by atoms with Gasteiger partial charge < -0.3 is 27.1 Å². The summed E-state index contributed by atoms with van der Waals surface area (Å²) in [5.74, 6) is -0.723. The van der Waals surface area contributed by atoms with Crippen molar-refractivity contribution in [2.75, 3.05) is 29.4 Å². The number of aromatic hydroxyl groups is 2. The summed E-state index contributed by atoms with van der Waals surface area (Å²) < 4.78 is 61.4. The molecule has 0 aromatic heterocycles. The Morgan fingerprint density at radius 3 is 1.84 bits per heavy atom. The molecule has 16 heteroatoms. The van der Waals surface area contributed by atoms with Crippen molar-refractivity contribution in [3.63, 3.8) is 0 Å². The monoisotopic (exact) mass is 700 g/mol. The van der Waals surface area contributed by atoms with Crippen molar-refractivity contribution >= 4 is 75.9 Å². The number of benzene rings is 6. The molecule has 0 saturated carbocycles. The van der Waals surface area contributed by atoms with Gasteiger partial charge in [0.25, 0.3) is 20.2 Å². The summed E-state index contributed by atoms with van der Waals surface area (Å²) >= 11 is 0. The lowest BCUT2D eigenvalue weighted by atomic mass is 10.1. The van der Waals surface area contributed by atoms with Crippen LogP contribution >= 0.6 is 0 Å². The summed E-state index contributed by atoms with van der Waals surface area (Å²) in [5, 5.41) is 30.9. The van der Waals surface area contributed by atoms with Gasteiger partial charge in [-0.1, -0.05) is 36.4 Å². The van der Waals surface area contributed by atoms with Gasteiger partial charge in [0, 0.05) is 12.1 Å². The summed E-state index contributed by atoms with van der Waals surface area (Å²) in [6, 6.07) is 25.4. The minimum absolute atomic E-state index is 0.141. The average Bonchev–Trinajstić information content (AvgIpc) is 3.07. The molecule has 250 valence electrons. The maximum Gasteiger partial charge on any atom is 0.296 e. The number of anilines is 4. The molecular formula is C33H28N6O8S2. The van der Waals surface area contributed by atoms with E-state index in [1.165, 1.54) is 24.3 Å². The fourth-order valence-electron chi connectivity index (χ4n) is 5.19. The first-order valence-corrected chi connectivity index (χ1v) is 17.1. The molecule has 0 aliphatic heterocycles. The third kappa shape index (κ3) is 6.61. The number of nitrogen functional groups attached to an aromatic ring is 2. The van der Waals surface area contributed by atoms with E-state index in [9.17, 15) is 31.6 Å². The lowest BCUT2D eigenvalue weighted by molar-refractivity contribution is 0.397. The highest BCUT2D eigenvalue weighted by Crippen LogP contribution is 2.41. The van der Waals surface area contributed by atoms with Gasteiger partial charge in [-0.15, -0.1) is 5.11 Å². The zero-order valence-corrected chi connectivity index (χ0v) is 27.1. The van der Waals surface area contributed by atoms with E-state index in [0.29, 0.717) is 38.9 Å². The van der Waals surface area contributed by atoms with Crippen LogP contribution in [0, 0.1) is 0 Å². The Morgan fingerprint density at radius 1 is 0.653 bits per heavy atom. The van der Waals surface area contributed by atoms with Gasteiger partial charge in [-0.05, 0) is 70.4 Å². The van der Waals surface area contributed by atoms with Crippen LogP contribution in [0.25, 0.3) is 32.7 Å². The number of azo groups is 1. The minimum Gasteiger partial charge on any atom is -0.507 e. The van der Waals surface area contributed by atoms with Crippen molar-refractivity contribution < 1.29 is 35.8 Å². The molecule has 0 heterocycles. The van der Waals surface area contributed by atoms with Crippen LogP contribution in [0.1, 0.15) is 0 Å². The smallest absolute Gasteiger partial charge is 0.296 e. The third-order valence-corrected chi connectivity index (χ3v) is 9.75. The molecule has 6 rings (SSSR count). The zero-order valence-electron chi connectivity index (χ0n) is 25.5. The molecule has 0 unspecified atom stereocenters. The maximum absolute atomic E-state index is 12.2. The first kappa shape index (κ1) is 33.0. The van der Waals surface area contributed by atoms with Gasteiger partial charge in [-0.25, -0.2) is 0 Å². The number of hydrogen-bond acceptors (Lipinski definition) is 13. The highest BCUT2D eigenvalue weighted by atomic mass is 32.2. The van der Waals surface area contributed by atoms with E-state index >= 15 is 0 Å². The van der Waals surface area contributed by atoms with Crippen LogP contribution in [0.2, 0.25) is 0 Å². The summed E-state index contributed by atoms with van der Waals surface area (Å²) in [6.45, 7) is 0. The van der Waals surface area contributed by atoms with Crippen LogP contribution in [0.3, 0.4) is 0 Å². The highest BCUT2D eigenvalue weighted by molar-refractivity contribution is 7.86. The number of nitrogens with zero attached hydrogens (tertiary/aromatic N) is 2. The first-order chi connectivity index (χ1) is 23.2. The number of rotatable bonds is 9. The largest absolute Gasteiger partial charge is 0.507 e. The second-order valence-corrected chi connectivity index (χ2v) is 13.9. The first-order valence-electron chi connectivity index (χ1n) is 14.3. The molecule has 0 fully saturated rings. The number of fused-ring (bicyclic) bond motifs is 2. The molecule has 0 aliphatic carbocycles. The van der Waals surface area contributed by atoms with Crippen molar-refractivity contribution in [3.8, 4) is 22.6 Å². The van der Waals surface area contributed by atoms with Crippen molar-refractivity contribution in [1.29, 1.82) is 0 Å². The van der Waals surface area contributed by atoms with Gasteiger partial charge in [-0.2, -0.15) is 21.9 Å². The van der Waals surface area contributed by atoms with E-state index in [2.05, 4.69) is 25.3 Å². The Balaban J connectivity index is 1.18. The van der Waals surface area contributed by atoms with Crippen LogP contribution in [0.5, 0.6) is 11.5 Å². The van der Waals surface area contributed by atoms with Gasteiger partial charge in [-0.3, -0.25) is 14.2 Å². The number of hydrazine groups is 1. The maximum atomic E-state index is 12.2. The van der Waals surface area contributed by atoms with E-state index in [1.54, 1.807) is 24.3 Å². The van der Waals surface area contributed by atoms with Gasteiger partial charge in [0.1, 0.15) is 17.2 Å². The molecular weight excluding hydrogens is 673 g/mol. The molecule has 0 aliphatic rings. The van der Waals surface area contributed by atoms with E-state index in [0.717, 1.165) is 30.4 Å². The minimum atomic E-state index is -4.54. The fraction of sp³-hybridized carbons (Fsp3) is 0.0303. The molecule has 14 nitrogen and oxygen atoms in total. The fourth-order valence-corrected chi connectivity index (χ4v) is 6.44. The van der Waals surface area contributed by atoms with Gasteiger partial charge in [0.15, 0.2) is 0 Å². The van der Waals surface area contributed by atoms with Crippen LogP contribution in [0.4, 0.5) is 34.1 Å². The SMILES string of the molecule is COS(=O)(=O)c1cc(O)c2c(NNc3ccc(-c4ccc(N=Nc5c(N)ccc6cc(S(=O)(=O)O)cc(O)c56)cc4)cc3)c(N)ccc2c1. The molecule has 0 bridgehead atoms. The second kappa shape index (κ2) is 12.6. The lowest BCUT2D eigenvalue weighted by Gasteiger charge is -2.16. The van der Waals surface area contributed by atoms with Crippen molar-refractivity contribution in [1.82, 2.24) is 0 Å². The van der Waals surface area contributed by atoms with E-state index in [4.69, 9.17) is 11.5 Å². The Morgan fingerprint density at radius 2 is 1.20 bits per heavy atom. The molecule has 0 amide bonds. The van der Waals surface area contributed by atoms with Gasteiger partial charge in [0.05, 0.1) is 56.1 Å².